The lowest BCUT2D eigenvalue weighted by atomic mass is 9.48. The molecule has 4 rings (SSSR count). The van der Waals surface area contributed by atoms with Gasteiger partial charge in [-0.05, 0) is 58.6 Å². The second kappa shape index (κ2) is 3.31. The van der Waals surface area contributed by atoms with Crippen LogP contribution in [-0.2, 0) is 40.4 Å². The van der Waals surface area contributed by atoms with Crippen LogP contribution in [0.1, 0.15) is 61.1 Å². The average molecular weight is 272 g/mol. The first-order chi connectivity index (χ1) is 9.27. The van der Waals surface area contributed by atoms with Gasteiger partial charge in [-0.15, -0.1) is 0 Å². The number of benzene rings is 1. The number of methoxy groups -OCH3 is 1. The summed E-state index contributed by atoms with van der Waals surface area (Å²) in [4.78, 5) is 0. The van der Waals surface area contributed by atoms with Crippen molar-refractivity contribution in [3.63, 3.8) is 0 Å². The van der Waals surface area contributed by atoms with Gasteiger partial charge in [0.05, 0.1) is 12.2 Å². The van der Waals surface area contributed by atoms with Gasteiger partial charge in [-0.3, -0.25) is 0 Å². The summed E-state index contributed by atoms with van der Waals surface area (Å²) in [7, 11) is 1.82. The molecule has 2 nitrogen and oxygen atoms in total. The van der Waals surface area contributed by atoms with E-state index in [2.05, 4.69) is 27.7 Å². The molecule has 0 saturated heterocycles. The molecule has 0 aromatic heterocycles. The third-order valence-corrected chi connectivity index (χ3v) is 6.12. The first-order valence-corrected chi connectivity index (χ1v) is 7.65. The van der Waals surface area contributed by atoms with Crippen LogP contribution >= 0.6 is 0 Å². The van der Waals surface area contributed by atoms with Crippen LogP contribution in [0.2, 0.25) is 0 Å². The number of hydrogen-bond acceptors (Lipinski definition) is 2. The maximum atomic E-state index is 9.80. The predicted molar refractivity (Wildman–Crippen MR) is 79.4 cm³/mol. The minimum Gasteiger partial charge on any atom is -0.395 e. The van der Waals surface area contributed by atoms with E-state index >= 15 is 0 Å². The van der Waals surface area contributed by atoms with Crippen LogP contribution in [0.4, 0.5) is 0 Å². The minimum atomic E-state index is -0.100. The van der Waals surface area contributed by atoms with Crippen molar-refractivity contribution in [3.8, 4) is 0 Å². The second-order valence-corrected chi connectivity index (χ2v) is 8.13. The second-order valence-electron chi connectivity index (χ2n) is 8.13. The van der Waals surface area contributed by atoms with Crippen molar-refractivity contribution >= 4 is 0 Å². The van der Waals surface area contributed by atoms with Crippen molar-refractivity contribution in [2.24, 2.45) is 0 Å². The molecule has 0 amide bonds. The van der Waals surface area contributed by atoms with Crippen molar-refractivity contribution < 1.29 is 9.84 Å². The molecule has 3 aliphatic rings. The molecule has 0 spiro atoms. The predicted octanol–water partition coefficient (Wildman–Crippen LogP) is 2.74. The molecule has 0 saturated carbocycles. The van der Waals surface area contributed by atoms with Crippen LogP contribution < -0.4 is 0 Å². The van der Waals surface area contributed by atoms with E-state index in [0.717, 1.165) is 12.8 Å². The van der Waals surface area contributed by atoms with Crippen LogP contribution in [0.3, 0.4) is 0 Å². The maximum Gasteiger partial charge on any atom is 0.0945 e. The molecule has 1 aromatic carbocycles. The number of aliphatic hydroxyl groups is 1. The van der Waals surface area contributed by atoms with Crippen LogP contribution in [0, 0.1) is 0 Å². The zero-order chi connectivity index (χ0) is 14.5. The Morgan fingerprint density at radius 2 is 1.50 bits per heavy atom. The van der Waals surface area contributed by atoms with Crippen molar-refractivity contribution in [2.75, 3.05) is 13.7 Å². The molecular formula is C18H24O2. The normalized spacial score (nSPS) is 35.1. The molecule has 0 fully saturated rings. The summed E-state index contributed by atoms with van der Waals surface area (Å²) < 4.78 is 5.80. The fourth-order valence-electron chi connectivity index (χ4n) is 5.06. The molecule has 2 atom stereocenters. The Hall–Kier alpha value is -0.860. The molecule has 1 aromatic rings. The SMILES string of the molecule is COC1(C)Cc2c3c(c4c(c21)CC4(C)C)CC3(C)CO. The van der Waals surface area contributed by atoms with Gasteiger partial charge in [0.25, 0.3) is 0 Å². The molecule has 20 heavy (non-hydrogen) atoms. The molecule has 0 heterocycles. The Morgan fingerprint density at radius 3 is 2.05 bits per heavy atom. The van der Waals surface area contributed by atoms with Gasteiger partial charge < -0.3 is 9.84 Å². The summed E-state index contributed by atoms with van der Waals surface area (Å²) in [6, 6.07) is 0. The van der Waals surface area contributed by atoms with E-state index in [1.165, 1.54) is 23.1 Å². The van der Waals surface area contributed by atoms with E-state index in [4.69, 9.17) is 4.74 Å². The Kier molecular flexibility index (Phi) is 2.12. The van der Waals surface area contributed by atoms with Gasteiger partial charge in [-0.1, -0.05) is 20.8 Å². The smallest absolute Gasteiger partial charge is 0.0945 e. The largest absolute Gasteiger partial charge is 0.395 e. The van der Waals surface area contributed by atoms with E-state index in [1.54, 1.807) is 16.7 Å². The van der Waals surface area contributed by atoms with Gasteiger partial charge in [-0.2, -0.15) is 0 Å². The van der Waals surface area contributed by atoms with Gasteiger partial charge in [0, 0.05) is 18.9 Å². The summed E-state index contributed by atoms with van der Waals surface area (Å²) >= 11 is 0. The summed E-state index contributed by atoms with van der Waals surface area (Å²) in [5, 5.41) is 9.80. The number of ether oxygens (including phenoxy) is 1. The van der Waals surface area contributed by atoms with Crippen molar-refractivity contribution in [1.82, 2.24) is 0 Å². The number of aliphatic hydroxyl groups excluding tert-OH is 1. The molecule has 0 bridgehead atoms. The molecule has 0 radical (unpaired) electrons. The zero-order valence-electron chi connectivity index (χ0n) is 13.2. The van der Waals surface area contributed by atoms with Crippen molar-refractivity contribution in [3.05, 3.63) is 33.4 Å². The topological polar surface area (TPSA) is 29.5 Å². The molecule has 2 unspecified atom stereocenters. The third kappa shape index (κ3) is 1.16. The zero-order valence-corrected chi connectivity index (χ0v) is 13.2. The Labute approximate surface area is 121 Å². The van der Waals surface area contributed by atoms with Crippen molar-refractivity contribution in [1.29, 1.82) is 0 Å². The van der Waals surface area contributed by atoms with E-state index < -0.39 is 0 Å². The fourth-order valence-corrected chi connectivity index (χ4v) is 5.06. The highest BCUT2D eigenvalue weighted by atomic mass is 16.5. The summed E-state index contributed by atoms with van der Waals surface area (Å²) in [5.41, 5.74) is 9.25. The molecule has 3 aliphatic carbocycles. The van der Waals surface area contributed by atoms with E-state index in [1.807, 2.05) is 7.11 Å². The Morgan fingerprint density at radius 1 is 0.900 bits per heavy atom. The van der Waals surface area contributed by atoms with Gasteiger partial charge in [-0.25, -0.2) is 0 Å². The quantitative estimate of drug-likeness (QED) is 0.897. The molecular weight excluding hydrogens is 248 g/mol. The Balaban J connectivity index is 2.00. The van der Waals surface area contributed by atoms with E-state index in [9.17, 15) is 5.11 Å². The number of fused-ring (bicyclic) bond motifs is 6. The van der Waals surface area contributed by atoms with Gasteiger partial charge in [0.15, 0.2) is 0 Å². The lowest BCUT2D eigenvalue weighted by molar-refractivity contribution is -0.0221. The van der Waals surface area contributed by atoms with Gasteiger partial charge in [0.1, 0.15) is 0 Å². The van der Waals surface area contributed by atoms with Gasteiger partial charge >= 0.3 is 0 Å². The van der Waals surface area contributed by atoms with Crippen LogP contribution in [-0.4, -0.2) is 18.8 Å². The third-order valence-electron chi connectivity index (χ3n) is 6.12. The summed E-state index contributed by atoms with van der Waals surface area (Å²) in [6.45, 7) is 9.37. The molecule has 0 aliphatic heterocycles. The number of rotatable bonds is 2. The highest BCUT2D eigenvalue weighted by molar-refractivity contribution is 5.70. The molecule has 2 heteroatoms. The van der Waals surface area contributed by atoms with Crippen molar-refractivity contribution in [2.45, 2.75) is 63.4 Å². The summed E-state index contributed by atoms with van der Waals surface area (Å²) in [5.74, 6) is 0. The lowest BCUT2D eigenvalue weighted by Crippen LogP contribution is -2.53. The monoisotopic (exact) mass is 272 g/mol. The average Bonchev–Trinajstić information content (AvgIpc) is 2.34. The molecule has 1 N–H and O–H groups in total. The maximum absolute atomic E-state index is 9.80. The number of hydrogen-bond donors (Lipinski definition) is 1. The highest BCUT2D eigenvalue weighted by Crippen LogP contribution is 2.61. The summed E-state index contributed by atoms with van der Waals surface area (Å²) in [6.07, 6.45) is 3.22. The lowest BCUT2D eigenvalue weighted by Gasteiger charge is -2.57. The van der Waals surface area contributed by atoms with E-state index in [-0.39, 0.29) is 17.6 Å². The molecule has 108 valence electrons. The first-order valence-electron chi connectivity index (χ1n) is 7.65. The standard InChI is InChI=1S/C18H24O2/c1-16(2)6-10-13(16)11-7-17(3,9-19)14(11)12-8-18(4,20-5)15(10)12/h19H,6-9H2,1-5H3. The van der Waals surface area contributed by atoms with Gasteiger partial charge in [0.2, 0.25) is 0 Å². The van der Waals surface area contributed by atoms with Crippen LogP contribution in [0.5, 0.6) is 0 Å². The van der Waals surface area contributed by atoms with E-state index in [0.29, 0.717) is 5.41 Å². The highest BCUT2D eigenvalue weighted by Gasteiger charge is 2.56. The van der Waals surface area contributed by atoms with Crippen LogP contribution in [0.25, 0.3) is 0 Å². The van der Waals surface area contributed by atoms with Crippen LogP contribution in [0.15, 0.2) is 0 Å². The fraction of sp³-hybridized carbons (Fsp3) is 0.667. The Bertz CT molecular complexity index is 612. The minimum absolute atomic E-state index is 0.0187. The first kappa shape index (κ1) is 12.8.